The van der Waals surface area contributed by atoms with E-state index in [1.165, 1.54) is 18.2 Å². The molecular formula is C27H18F2O6. The van der Waals surface area contributed by atoms with E-state index in [4.69, 9.17) is 14.2 Å². The van der Waals surface area contributed by atoms with Gasteiger partial charge in [0.1, 0.15) is 6.61 Å². The van der Waals surface area contributed by atoms with Crippen molar-refractivity contribution in [3.8, 4) is 0 Å². The Bertz CT molecular complexity index is 1460. The second kappa shape index (κ2) is 8.79. The van der Waals surface area contributed by atoms with E-state index >= 15 is 0 Å². The molecule has 0 bridgehead atoms. The molecule has 1 aliphatic rings. The Morgan fingerprint density at radius 3 is 1.86 bits per heavy atom. The molecule has 0 amide bonds. The fourth-order valence-corrected chi connectivity index (χ4v) is 3.96. The average Bonchev–Trinajstić information content (AvgIpc) is 3.09. The van der Waals surface area contributed by atoms with E-state index in [1.807, 2.05) is 36.4 Å². The zero-order chi connectivity index (χ0) is 24.6. The Morgan fingerprint density at radius 2 is 1.29 bits per heavy atom. The summed E-state index contributed by atoms with van der Waals surface area (Å²) in [6.45, 7) is -0.706. The van der Waals surface area contributed by atoms with Crippen molar-refractivity contribution in [2.45, 2.75) is 18.1 Å². The first-order valence-corrected chi connectivity index (χ1v) is 10.8. The molecule has 2 atom stereocenters. The van der Waals surface area contributed by atoms with Crippen molar-refractivity contribution in [1.29, 1.82) is 0 Å². The highest BCUT2D eigenvalue weighted by molar-refractivity contribution is 5.96. The van der Waals surface area contributed by atoms with Gasteiger partial charge in [0.2, 0.25) is 6.10 Å². The summed E-state index contributed by atoms with van der Waals surface area (Å²) in [6.07, 6.45) is -3.91. The lowest BCUT2D eigenvalue weighted by Crippen LogP contribution is -2.43. The van der Waals surface area contributed by atoms with Crippen LogP contribution in [0.3, 0.4) is 0 Å². The molecule has 5 rings (SSSR count). The van der Waals surface area contributed by atoms with Crippen LogP contribution in [0.2, 0.25) is 0 Å². The molecule has 1 saturated heterocycles. The van der Waals surface area contributed by atoms with Crippen molar-refractivity contribution in [3.05, 3.63) is 96.1 Å². The van der Waals surface area contributed by atoms with E-state index in [9.17, 15) is 23.2 Å². The molecule has 1 aliphatic heterocycles. The number of esters is 3. The smallest absolute Gasteiger partial charge is 0.382 e. The van der Waals surface area contributed by atoms with Crippen LogP contribution in [0.4, 0.5) is 8.78 Å². The Morgan fingerprint density at radius 1 is 0.771 bits per heavy atom. The van der Waals surface area contributed by atoms with Crippen LogP contribution in [-0.2, 0) is 19.0 Å². The van der Waals surface area contributed by atoms with E-state index in [2.05, 4.69) is 0 Å². The van der Waals surface area contributed by atoms with E-state index in [0.717, 1.165) is 16.2 Å². The molecule has 0 N–H and O–H groups in total. The lowest BCUT2D eigenvalue weighted by atomic mass is 10.1. The Labute approximate surface area is 198 Å². The number of halogens is 2. The van der Waals surface area contributed by atoms with E-state index in [0.29, 0.717) is 5.39 Å². The number of alkyl halides is 2. The molecular weight excluding hydrogens is 458 g/mol. The predicted octanol–water partition coefficient (Wildman–Crippen LogP) is 4.94. The quantitative estimate of drug-likeness (QED) is 0.300. The van der Waals surface area contributed by atoms with E-state index < -0.39 is 42.6 Å². The van der Waals surface area contributed by atoms with E-state index in [1.54, 1.807) is 30.3 Å². The minimum atomic E-state index is -4.09. The third-order valence-electron chi connectivity index (χ3n) is 5.81. The van der Waals surface area contributed by atoms with Crippen LogP contribution in [-0.4, -0.2) is 42.6 Å². The summed E-state index contributed by atoms with van der Waals surface area (Å²) in [6, 6.07) is 24.0. The monoisotopic (exact) mass is 476 g/mol. The second-order valence-electron chi connectivity index (χ2n) is 8.11. The van der Waals surface area contributed by atoms with Gasteiger partial charge < -0.3 is 14.2 Å². The third kappa shape index (κ3) is 4.30. The highest BCUT2D eigenvalue weighted by Gasteiger charge is 2.63. The topological polar surface area (TPSA) is 78.9 Å². The zero-order valence-corrected chi connectivity index (χ0v) is 18.2. The van der Waals surface area contributed by atoms with Crippen LogP contribution < -0.4 is 0 Å². The number of rotatable bonds is 5. The summed E-state index contributed by atoms with van der Waals surface area (Å²) in [5, 5.41) is 3.28. The number of fused-ring (bicyclic) bond motifs is 2. The molecule has 1 fully saturated rings. The van der Waals surface area contributed by atoms with Crippen molar-refractivity contribution < 1.29 is 37.4 Å². The van der Waals surface area contributed by atoms with Crippen LogP contribution in [0.15, 0.2) is 84.9 Å². The van der Waals surface area contributed by atoms with Gasteiger partial charge in [0.25, 0.3) is 0 Å². The van der Waals surface area contributed by atoms with Gasteiger partial charge >= 0.3 is 23.8 Å². The normalized spacial score (nSPS) is 18.9. The largest absolute Gasteiger partial charge is 0.458 e. The predicted molar refractivity (Wildman–Crippen MR) is 122 cm³/mol. The highest BCUT2D eigenvalue weighted by atomic mass is 19.3. The fourth-order valence-electron chi connectivity index (χ4n) is 3.96. The van der Waals surface area contributed by atoms with Gasteiger partial charge in [-0.1, -0.05) is 60.7 Å². The van der Waals surface area contributed by atoms with Gasteiger partial charge in [-0.05, 0) is 45.8 Å². The maximum Gasteiger partial charge on any atom is 0.382 e. The molecule has 6 nitrogen and oxygen atoms in total. The number of benzene rings is 4. The number of carbonyl (C=O) groups excluding carboxylic acids is 3. The van der Waals surface area contributed by atoms with Gasteiger partial charge in [-0.2, -0.15) is 8.78 Å². The lowest BCUT2D eigenvalue weighted by molar-refractivity contribution is -0.163. The van der Waals surface area contributed by atoms with Crippen LogP contribution >= 0.6 is 0 Å². The molecule has 8 heteroatoms. The Hall–Kier alpha value is -4.33. The van der Waals surface area contributed by atoms with Crippen LogP contribution in [0.1, 0.15) is 20.7 Å². The third-order valence-corrected chi connectivity index (χ3v) is 5.81. The Kier molecular flexibility index (Phi) is 5.64. The van der Waals surface area contributed by atoms with Gasteiger partial charge in [-0.3, -0.25) is 0 Å². The van der Waals surface area contributed by atoms with E-state index in [-0.39, 0.29) is 11.1 Å². The standard InChI is InChI=1S/C27H18F2O6/c28-27(29)23(35-25(31)21-12-10-17-6-2-4-8-19(17)14-21)22(34-26(27)32)15-33-24(30)20-11-9-16-5-1-3-7-18(16)13-20/h1-14,22-23H,15H2/t22-,23-/m1/s1. The first kappa shape index (κ1) is 22.5. The number of ether oxygens (including phenoxy) is 3. The molecule has 176 valence electrons. The Balaban J connectivity index is 1.31. The fraction of sp³-hybridized carbons (Fsp3) is 0.148. The molecule has 0 unspecified atom stereocenters. The highest BCUT2D eigenvalue weighted by Crippen LogP contribution is 2.35. The average molecular weight is 476 g/mol. The van der Waals surface area contributed by atoms with Crippen molar-refractivity contribution in [2.24, 2.45) is 0 Å². The second-order valence-corrected chi connectivity index (χ2v) is 8.11. The van der Waals surface area contributed by atoms with Crippen molar-refractivity contribution in [1.82, 2.24) is 0 Å². The SMILES string of the molecule is O=C(OC[C@H]1OC(=O)C(F)(F)[C@@H]1OC(=O)c1ccc2ccccc2c1)c1ccc2ccccc2c1. The molecule has 0 spiro atoms. The van der Waals surface area contributed by atoms with Crippen LogP contribution in [0, 0.1) is 0 Å². The zero-order valence-electron chi connectivity index (χ0n) is 18.2. The minimum Gasteiger partial charge on any atom is -0.458 e. The maximum absolute atomic E-state index is 14.5. The number of hydrogen-bond acceptors (Lipinski definition) is 6. The summed E-state index contributed by atoms with van der Waals surface area (Å²) in [5.74, 6) is -7.78. The first-order valence-electron chi connectivity index (χ1n) is 10.8. The van der Waals surface area contributed by atoms with Crippen LogP contribution in [0.5, 0.6) is 0 Å². The van der Waals surface area contributed by atoms with Gasteiger partial charge in [-0.25, -0.2) is 14.4 Å². The summed E-state index contributed by atoms with van der Waals surface area (Å²) >= 11 is 0. The summed E-state index contributed by atoms with van der Waals surface area (Å²) in [5.41, 5.74) is 0.232. The van der Waals surface area contributed by atoms with Crippen molar-refractivity contribution >= 4 is 39.5 Å². The minimum absolute atomic E-state index is 0.0331. The van der Waals surface area contributed by atoms with Crippen molar-refractivity contribution in [3.63, 3.8) is 0 Å². The van der Waals surface area contributed by atoms with Gasteiger partial charge in [0.15, 0.2) is 6.10 Å². The van der Waals surface area contributed by atoms with Gasteiger partial charge in [0, 0.05) is 0 Å². The van der Waals surface area contributed by atoms with Gasteiger partial charge in [-0.15, -0.1) is 0 Å². The molecule has 0 saturated carbocycles. The summed E-state index contributed by atoms with van der Waals surface area (Å²) in [7, 11) is 0. The lowest BCUT2D eigenvalue weighted by Gasteiger charge is -2.20. The number of hydrogen-bond donors (Lipinski definition) is 0. The molecule has 1 heterocycles. The molecule has 35 heavy (non-hydrogen) atoms. The van der Waals surface area contributed by atoms with Crippen molar-refractivity contribution in [2.75, 3.05) is 6.61 Å². The first-order chi connectivity index (χ1) is 16.8. The molecule has 0 aromatic heterocycles. The molecule has 0 radical (unpaired) electrons. The summed E-state index contributed by atoms with van der Waals surface area (Å²) < 4.78 is 43.9. The number of carbonyl (C=O) groups is 3. The molecule has 0 aliphatic carbocycles. The number of cyclic esters (lactones) is 1. The van der Waals surface area contributed by atoms with Crippen LogP contribution in [0.25, 0.3) is 21.5 Å². The summed E-state index contributed by atoms with van der Waals surface area (Å²) in [4.78, 5) is 36.9. The molecule has 4 aromatic carbocycles. The maximum atomic E-state index is 14.5. The molecule has 4 aromatic rings. The van der Waals surface area contributed by atoms with Gasteiger partial charge in [0.05, 0.1) is 11.1 Å².